The van der Waals surface area contributed by atoms with Gasteiger partial charge in [-0.05, 0) is 37.1 Å². The van der Waals surface area contributed by atoms with Crippen molar-refractivity contribution >= 4 is 29.4 Å². The van der Waals surface area contributed by atoms with Crippen molar-refractivity contribution in [2.75, 3.05) is 11.5 Å². The summed E-state index contributed by atoms with van der Waals surface area (Å²) in [6.07, 6.45) is 2.00. The lowest BCUT2D eigenvalue weighted by molar-refractivity contribution is -0.117. The molecule has 1 aliphatic carbocycles. The summed E-state index contributed by atoms with van der Waals surface area (Å²) in [5.74, 6) is -0.0860. The molecule has 0 heterocycles. The summed E-state index contributed by atoms with van der Waals surface area (Å²) < 4.78 is 0. The van der Waals surface area contributed by atoms with Crippen molar-refractivity contribution in [3.8, 4) is 0 Å². The quantitative estimate of drug-likeness (QED) is 0.567. The molecule has 2 rings (SSSR count). The van der Waals surface area contributed by atoms with Crippen molar-refractivity contribution in [2.45, 2.75) is 23.8 Å². The van der Waals surface area contributed by atoms with Crippen molar-refractivity contribution in [2.24, 2.45) is 0 Å². The van der Waals surface area contributed by atoms with E-state index < -0.39 is 6.03 Å². The van der Waals surface area contributed by atoms with Crippen LogP contribution in [-0.4, -0.2) is 23.7 Å². The van der Waals surface area contributed by atoms with Crippen molar-refractivity contribution in [1.82, 2.24) is 10.6 Å². The molecular weight excluding hydrogens is 250 g/mol. The highest BCUT2D eigenvalue weighted by Gasteiger charge is 2.23. The Morgan fingerprint density at radius 1 is 1.28 bits per heavy atom. The molecule has 0 spiro atoms. The Balaban J connectivity index is 1.70. The maximum Gasteiger partial charge on any atom is 0.321 e. The molecule has 0 aromatic heterocycles. The Bertz CT molecular complexity index is 443. The Hall–Kier alpha value is -1.69. The summed E-state index contributed by atoms with van der Waals surface area (Å²) in [6, 6.07) is 7.10. The van der Waals surface area contributed by atoms with Gasteiger partial charge >= 0.3 is 6.03 Å². The lowest BCUT2D eigenvalue weighted by Crippen LogP contribution is -2.41. The van der Waals surface area contributed by atoms with Crippen molar-refractivity contribution in [3.05, 3.63) is 24.3 Å². The van der Waals surface area contributed by atoms with E-state index in [0.29, 0.717) is 5.69 Å². The van der Waals surface area contributed by atoms with Crippen LogP contribution in [-0.2, 0) is 4.79 Å². The summed E-state index contributed by atoms with van der Waals surface area (Å²) in [7, 11) is 0. The Morgan fingerprint density at radius 2 is 1.94 bits per heavy atom. The number of nitrogens with two attached hydrogens (primary N) is 1. The molecule has 1 aromatic carbocycles. The number of anilines is 1. The van der Waals surface area contributed by atoms with Crippen LogP contribution in [0, 0.1) is 0 Å². The molecule has 18 heavy (non-hydrogen) atoms. The van der Waals surface area contributed by atoms with Crippen molar-refractivity contribution in [1.29, 1.82) is 0 Å². The summed E-state index contributed by atoms with van der Waals surface area (Å²) in [4.78, 5) is 23.7. The Labute approximate surface area is 110 Å². The molecule has 0 unspecified atom stereocenters. The van der Waals surface area contributed by atoms with Gasteiger partial charge in [0.1, 0.15) is 0 Å². The fourth-order valence-corrected chi connectivity index (χ4v) is 2.02. The number of carbonyl (C=O) groups is 2. The number of carbonyl (C=O) groups excluding carboxylic acids is 2. The van der Waals surface area contributed by atoms with Gasteiger partial charge in [-0.25, -0.2) is 4.79 Å². The first-order chi connectivity index (χ1) is 8.63. The summed E-state index contributed by atoms with van der Waals surface area (Å²) in [6.45, 7) is 0. The van der Waals surface area contributed by atoms with Crippen LogP contribution in [0.2, 0.25) is 0 Å². The molecule has 0 saturated heterocycles. The zero-order valence-corrected chi connectivity index (χ0v) is 10.6. The molecule has 96 valence electrons. The highest BCUT2D eigenvalue weighted by molar-refractivity contribution is 8.00. The van der Waals surface area contributed by atoms with Crippen LogP contribution in [0.4, 0.5) is 10.5 Å². The number of imide groups is 1. The molecule has 1 aromatic rings. The van der Waals surface area contributed by atoms with Crippen molar-refractivity contribution in [3.63, 3.8) is 0 Å². The number of hydrogen-bond donors (Lipinski definition) is 3. The topological polar surface area (TPSA) is 84.2 Å². The average Bonchev–Trinajstić information content (AvgIpc) is 3.12. The van der Waals surface area contributed by atoms with E-state index in [9.17, 15) is 9.59 Å². The predicted molar refractivity (Wildman–Crippen MR) is 71.3 cm³/mol. The van der Waals surface area contributed by atoms with E-state index in [-0.39, 0.29) is 17.7 Å². The Morgan fingerprint density at radius 3 is 2.56 bits per heavy atom. The van der Waals surface area contributed by atoms with Gasteiger partial charge in [0, 0.05) is 16.6 Å². The molecule has 1 aliphatic rings. The van der Waals surface area contributed by atoms with Gasteiger partial charge in [-0.2, -0.15) is 0 Å². The van der Waals surface area contributed by atoms with Gasteiger partial charge in [0.15, 0.2) is 0 Å². The van der Waals surface area contributed by atoms with E-state index in [1.54, 1.807) is 12.1 Å². The van der Waals surface area contributed by atoms with E-state index in [1.807, 2.05) is 12.1 Å². The van der Waals surface area contributed by atoms with Gasteiger partial charge in [-0.15, -0.1) is 11.8 Å². The van der Waals surface area contributed by atoms with E-state index in [2.05, 4.69) is 10.6 Å². The van der Waals surface area contributed by atoms with Crippen LogP contribution < -0.4 is 16.4 Å². The number of benzene rings is 1. The minimum atomic E-state index is -0.402. The largest absolute Gasteiger partial charge is 0.399 e. The zero-order chi connectivity index (χ0) is 13.0. The van der Waals surface area contributed by atoms with Crippen LogP contribution in [0.25, 0.3) is 0 Å². The predicted octanol–water partition coefficient (Wildman–Crippen LogP) is 1.35. The number of amides is 3. The van der Waals surface area contributed by atoms with Crippen LogP contribution in [0.15, 0.2) is 29.2 Å². The van der Waals surface area contributed by atoms with Gasteiger partial charge in [0.2, 0.25) is 5.91 Å². The molecule has 1 saturated carbocycles. The molecule has 6 heteroatoms. The SMILES string of the molecule is Nc1ccc(SCC(=O)NC(=O)NC2CC2)cc1. The lowest BCUT2D eigenvalue weighted by atomic mass is 10.3. The van der Waals surface area contributed by atoms with Gasteiger partial charge in [0.25, 0.3) is 0 Å². The molecule has 3 amide bonds. The minimum Gasteiger partial charge on any atom is -0.399 e. The molecule has 0 bridgehead atoms. The van der Waals surface area contributed by atoms with Crippen LogP contribution >= 0.6 is 11.8 Å². The summed E-state index contributed by atoms with van der Waals surface area (Å²) in [5, 5.41) is 4.99. The third kappa shape index (κ3) is 4.29. The highest BCUT2D eigenvalue weighted by Crippen LogP contribution is 2.19. The molecular formula is C12H15N3O2S. The fourth-order valence-electron chi connectivity index (χ4n) is 1.32. The van der Waals surface area contributed by atoms with Gasteiger partial charge < -0.3 is 11.1 Å². The number of nitrogen functional groups attached to an aromatic ring is 1. The highest BCUT2D eigenvalue weighted by atomic mass is 32.2. The fraction of sp³-hybridized carbons (Fsp3) is 0.333. The van der Waals surface area contributed by atoms with Crippen molar-refractivity contribution < 1.29 is 9.59 Å². The van der Waals surface area contributed by atoms with E-state index in [0.717, 1.165) is 17.7 Å². The van der Waals surface area contributed by atoms with Gasteiger partial charge in [-0.3, -0.25) is 10.1 Å². The maximum atomic E-state index is 11.5. The van der Waals surface area contributed by atoms with E-state index in [4.69, 9.17) is 5.73 Å². The monoisotopic (exact) mass is 265 g/mol. The molecule has 0 atom stereocenters. The second-order valence-corrected chi connectivity index (χ2v) is 5.20. The summed E-state index contributed by atoms with van der Waals surface area (Å²) >= 11 is 1.37. The van der Waals surface area contributed by atoms with E-state index >= 15 is 0 Å². The zero-order valence-electron chi connectivity index (χ0n) is 9.81. The summed E-state index contributed by atoms with van der Waals surface area (Å²) in [5.41, 5.74) is 6.25. The normalized spacial score (nSPS) is 14.0. The third-order valence-electron chi connectivity index (χ3n) is 2.42. The Kier molecular flexibility index (Phi) is 4.09. The minimum absolute atomic E-state index is 0.210. The molecule has 5 nitrogen and oxygen atoms in total. The maximum absolute atomic E-state index is 11.5. The second-order valence-electron chi connectivity index (χ2n) is 4.15. The van der Waals surface area contributed by atoms with Crippen LogP contribution in [0.3, 0.4) is 0 Å². The third-order valence-corrected chi connectivity index (χ3v) is 3.43. The molecule has 0 aliphatic heterocycles. The standard InChI is InChI=1S/C12H15N3O2S/c13-8-1-5-10(6-2-8)18-7-11(16)15-12(17)14-9-3-4-9/h1-2,5-6,9H,3-4,7,13H2,(H2,14,15,16,17). The molecule has 0 radical (unpaired) electrons. The first kappa shape index (κ1) is 12.8. The number of urea groups is 1. The first-order valence-electron chi connectivity index (χ1n) is 5.72. The lowest BCUT2D eigenvalue weighted by Gasteiger charge is -2.05. The smallest absolute Gasteiger partial charge is 0.321 e. The van der Waals surface area contributed by atoms with Crippen LogP contribution in [0.1, 0.15) is 12.8 Å². The molecule has 1 fully saturated rings. The molecule has 4 N–H and O–H groups in total. The second kappa shape index (κ2) is 5.77. The van der Waals surface area contributed by atoms with Gasteiger partial charge in [0.05, 0.1) is 5.75 Å². The van der Waals surface area contributed by atoms with Gasteiger partial charge in [-0.1, -0.05) is 0 Å². The van der Waals surface area contributed by atoms with Crippen LogP contribution in [0.5, 0.6) is 0 Å². The van der Waals surface area contributed by atoms with E-state index in [1.165, 1.54) is 11.8 Å². The first-order valence-corrected chi connectivity index (χ1v) is 6.71. The number of rotatable bonds is 4. The number of thioether (sulfide) groups is 1. The average molecular weight is 265 g/mol. The number of hydrogen-bond acceptors (Lipinski definition) is 4. The number of nitrogens with one attached hydrogen (secondary N) is 2.